The minimum absolute atomic E-state index is 0.261. The third kappa shape index (κ3) is 5.02. The Morgan fingerprint density at radius 1 is 1.12 bits per heavy atom. The molecule has 0 spiro atoms. The predicted octanol–water partition coefficient (Wildman–Crippen LogP) is 0.438. The maximum atomic E-state index is 11.0. The van der Waals surface area contributed by atoms with Gasteiger partial charge in [0.25, 0.3) is 0 Å². The van der Waals surface area contributed by atoms with Gasteiger partial charge in [-0.1, -0.05) is 27.7 Å². The number of hydrogen-bond donors (Lipinski definition) is 4. The van der Waals surface area contributed by atoms with Gasteiger partial charge in [0, 0.05) is 6.04 Å². The lowest BCUT2D eigenvalue weighted by atomic mass is 9.84. The second-order valence-electron chi connectivity index (χ2n) is 5.38. The van der Waals surface area contributed by atoms with E-state index in [-0.39, 0.29) is 11.8 Å². The lowest BCUT2D eigenvalue weighted by molar-refractivity contribution is -0.152. The van der Waals surface area contributed by atoms with Crippen molar-refractivity contribution in [3.63, 3.8) is 0 Å². The first-order valence-electron chi connectivity index (χ1n) is 6.03. The molecule has 0 aliphatic heterocycles. The van der Waals surface area contributed by atoms with E-state index in [2.05, 4.69) is 0 Å². The smallest absolute Gasteiger partial charge is 0.309 e. The minimum atomic E-state index is -1.33. The summed E-state index contributed by atoms with van der Waals surface area (Å²) >= 11 is 0. The second kappa shape index (κ2) is 6.93. The van der Waals surface area contributed by atoms with Crippen molar-refractivity contribution in [3.05, 3.63) is 0 Å². The Kier molecular flexibility index (Phi) is 6.67. The van der Waals surface area contributed by atoms with Crippen LogP contribution >= 0.6 is 0 Å². The van der Waals surface area contributed by atoms with E-state index in [1.165, 1.54) is 0 Å². The summed E-state index contributed by atoms with van der Waals surface area (Å²) in [6, 6.07) is -0.606. The summed E-state index contributed by atoms with van der Waals surface area (Å²) in [5.41, 5.74) is 5.75. The van der Waals surface area contributed by atoms with Crippen LogP contribution in [0.1, 0.15) is 34.1 Å². The van der Waals surface area contributed by atoms with Crippen molar-refractivity contribution >= 4 is 5.97 Å². The van der Waals surface area contributed by atoms with Crippen LogP contribution < -0.4 is 5.73 Å². The number of aliphatic carboxylic acids is 1. The number of aliphatic hydroxyl groups excluding tert-OH is 2. The molecule has 102 valence electrons. The molecule has 5 nitrogen and oxygen atoms in total. The fourth-order valence-electron chi connectivity index (χ4n) is 1.98. The molecule has 0 heterocycles. The molecule has 5 heteroatoms. The monoisotopic (exact) mass is 247 g/mol. The molecule has 0 aromatic carbocycles. The molecule has 4 atom stereocenters. The molecule has 0 amide bonds. The Morgan fingerprint density at radius 3 is 1.88 bits per heavy atom. The van der Waals surface area contributed by atoms with Crippen molar-refractivity contribution in [2.24, 2.45) is 23.5 Å². The average Bonchev–Trinajstić information content (AvgIpc) is 2.13. The third-order valence-electron chi connectivity index (χ3n) is 2.90. The molecule has 0 radical (unpaired) electrons. The van der Waals surface area contributed by atoms with Crippen LogP contribution in [-0.2, 0) is 4.79 Å². The molecule has 0 saturated heterocycles. The van der Waals surface area contributed by atoms with E-state index in [9.17, 15) is 15.0 Å². The summed E-state index contributed by atoms with van der Waals surface area (Å²) in [5.74, 6) is -2.08. The summed E-state index contributed by atoms with van der Waals surface area (Å²) < 4.78 is 0. The average molecular weight is 247 g/mol. The van der Waals surface area contributed by atoms with Crippen molar-refractivity contribution in [2.45, 2.75) is 52.4 Å². The highest BCUT2D eigenvalue weighted by Crippen LogP contribution is 2.21. The topological polar surface area (TPSA) is 104 Å². The van der Waals surface area contributed by atoms with Crippen molar-refractivity contribution < 1.29 is 20.1 Å². The molecular formula is C12H25NO4. The molecule has 17 heavy (non-hydrogen) atoms. The summed E-state index contributed by atoms with van der Waals surface area (Å²) in [7, 11) is 0. The van der Waals surface area contributed by atoms with Gasteiger partial charge in [-0.2, -0.15) is 0 Å². The van der Waals surface area contributed by atoms with E-state index in [1.54, 1.807) is 13.8 Å². The first-order valence-corrected chi connectivity index (χ1v) is 6.03. The third-order valence-corrected chi connectivity index (χ3v) is 2.90. The van der Waals surface area contributed by atoms with Crippen LogP contribution in [0.15, 0.2) is 0 Å². The highest BCUT2D eigenvalue weighted by atomic mass is 16.4. The molecule has 0 saturated carbocycles. The fraction of sp³-hybridized carbons (Fsp3) is 0.917. The molecule has 0 aromatic rings. The standard InChI is InChI=1S/C12H25NO4/c1-6(2)5-8(13)10(14)11(15)9(7(3)4)12(16)17/h6-11,14-15H,5,13H2,1-4H3,(H,16,17). The SMILES string of the molecule is CC(C)CC(N)C(O)C(O)C(C(=O)O)C(C)C. The van der Waals surface area contributed by atoms with Gasteiger partial charge < -0.3 is 21.1 Å². The molecule has 0 bridgehead atoms. The zero-order chi connectivity index (χ0) is 13.7. The largest absolute Gasteiger partial charge is 0.481 e. The van der Waals surface area contributed by atoms with Crippen LogP contribution in [0, 0.1) is 17.8 Å². The predicted molar refractivity (Wildman–Crippen MR) is 65.4 cm³/mol. The first kappa shape index (κ1) is 16.4. The normalized spacial score (nSPS) is 19.1. The lowest BCUT2D eigenvalue weighted by Gasteiger charge is -2.30. The first-order chi connectivity index (χ1) is 7.68. The maximum Gasteiger partial charge on any atom is 0.309 e. The van der Waals surface area contributed by atoms with Crippen molar-refractivity contribution in [1.29, 1.82) is 0 Å². The summed E-state index contributed by atoms with van der Waals surface area (Å²) in [5, 5.41) is 28.8. The summed E-state index contributed by atoms with van der Waals surface area (Å²) in [6.07, 6.45) is -2.00. The molecule has 0 aliphatic rings. The Morgan fingerprint density at radius 2 is 1.59 bits per heavy atom. The lowest BCUT2D eigenvalue weighted by Crippen LogP contribution is -2.49. The van der Waals surface area contributed by atoms with Gasteiger partial charge in [-0.15, -0.1) is 0 Å². The number of nitrogens with two attached hydrogens (primary N) is 1. The van der Waals surface area contributed by atoms with Crippen LogP contribution in [0.5, 0.6) is 0 Å². The molecule has 5 N–H and O–H groups in total. The van der Waals surface area contributed by atoms with Crippen molar-refractivity contribution in [2.75, 3.05) is 0 Å². The van der Waals surface area contributed by atoms with Crippen LogP contribution in [0.3, 0.4) is 0 Å². The number of carbonyl (C=O) groups is 1. The minimum Gasteiger partial charge on any atom is -0.481 e. The fourth-order valence-corrected chi connectivity index (χ4v) is 1.98. The number of carboxylic acids is 1. The maximum absolute atomic E-state index is 11.0. The van der Waals surface area contributed by atoms with Crippen LogP contribution in [0.25, 0.3) is 0 Å². The highest BCUT2D eigenvalue weighted by molar-refractivity contribution is 5.71. The summed E-state index contributed by atoms with van der Waals surface area (Å²) in [4.78, 5) is 11.0. The van der Waals surface area contributed by atoms with Gasteiger partial charge in [-0.25, -0.2) is 0 Å². The van der Waals surface area contributed by atoms with E-state index in [4.69, 9.17) is 10.8 Å². The Labute approximate surface area is 103 Å². The van der Waals surface area contributed by atoms with E-state index < -0.39 is 30.1 Å². The van der Waals surface area contributed by atoms with Crippen molar-refractivity contribution in [3.8, 4) is 0 Å². The van der Waals surface area contributed by atoms with Crippen LogP contribution in [-0.4, -0.2) is 39.5 Å². The molecule has 0 aliphatic carbocycles. The molecule has 4 unspecified atom stereocenters. The quantitative estimate of drug-likeness (QED) is 0.522. The van der Waals surface area contributed by atoms with Gasteiger partial charge in [-0.05, 0) is 18.3 Å². The van der Waals surface area contributed by atoms with E-state index in [0.717, 1.165) is 0 Å². The molecule has 0 fully saturated rings. The molecular weight excluding hydrogens is 222 g/mol. The number of aliphatic hydroxyl groups is 2. The van der Waals surface area contributed by atoms with Gasteiger partial charge in [0.1, 0.15) is 0 Å². The van der Waals surface area contributed by atoms with Gasteiger partial charge in [0.2, 0.25) is 0 Å². The zero-order valence-corrected chi connectivity index (χ0v) is 11.0. The van der Waals surface area contributed by atoms with Gasteiger partial charge in [-0.3, -0.25) is 4.79 Å². The zero-order valence-electron chi connectivity index (χ0n) is 11.0. The van der Waals surface area contributed by atoms with E-state index >= 15 is 0 Å². The number of carboxylic acid groups (broad SMARTS) is 1. The Balaban J connectivity index is 4.65. The molecule has 0 aromatic heterocycles. The van der Waals surface area contributed by atoms with Crippen LogP contribution in [0.4, 0.5) is 0 Å². The highest BCUT2D eigenvalue weighted by Gasteiger charge is 2.36. The van der Waals surface area contributed by atoms with Crippen molar-refractivity contribution in [1.82, 2.24) is 0 Å². The van der Waals surface area contributed by atoms with E-state index in [1.807, 2.05) is 13.8 Å². The number of hydrogen-bond acceptors (Lipinski definition) is 4. The molecule has 0 rings (SSSR count). The van der Waals surface area contributed by atoms with Gasteiger partial charge in [0.05, 0.1) is 18.1 Å². The second-order valence-corrected chi connectivity index (χ2v) is 5.38. The summed E-state index contributed by atoms with van der Waals surface area (Å²) in [6.45, 7) is 7.30. The van der Waals surface area contributed by atoms with E-state index in [0.29, 0.717) is 6.42 Å². The Bertz CT molecular complexity index is 243. The van der Waals surface area contributed by atoms with Crippen LogP contribution in [0.2, 0.25) is 0 Å². The van der Waals surface area contributed by atoms with Gasteiger partial charge >= 0.3 is 5.97 Å². The number of rotatable bonds is 7. The van der Waals surface area contributed by atoms with Gasteiger partial charge in [0.15, 0.2) is 0 Å². The Hall–Kier alpha value is -0.650.